The van der Waals surface area contributed by atoms with E-state index in [1.807, 2.05) is 0 Å². The predicted octanol–water partition coefficient (Wildman–Crippen LogP) is 4.13. The molecule has 1 rings (SSSR count). The van der Waals surface area contributed by atoms with Gasteiger partial charge in [0.1, 0.15) is 5.82 Å². The summed E-state index contributed by atoms with van der Waals surface area (Å²) in [5.41, 5.74) is 0.451. The highest BCUT2D eigenvalue weighted by molar-refractivity contribution is 9.10. The van der Waals surface area contributed by atoms with Crippen molar-refractivity contribution in [3.8, 4) is 0 Å². The Bertz CT molecular complexity index is 423. The van der Waals surface area contributed by atoms with Gasteiger partial charge in [-0.3, -0.25) is 4.79 Å². The minimum absolute atomic E-state index is 0.191. The number of benzene rings is 1. The molecular formula is C13H16Br2FNO. The Morgan fingerprint density at radius 3 is 2.67 bits per heavy atom. The van der Waals surface area contributed by atoms with Crippen LogP contribution in [-0.2, 0) is 0 Å². The maximum absolute atomic E-state index is 13.0. The highest BCUT2D eigenvalue weighted by Crippen LogP contribution is 2.17. The zero-order valence-electron chi connectivity index (χ0n) is 10.3. The second kappa shape index (κ2) is 7.24. The fourth-order valence-corrected chi connectivity index (χ4v) is 2.83. The third-order valence-electron chi connectivity index (χ3n) is 2.39. The summed E-state index contributed by atoms with van der Waals surface area (Å²) >= 11 is 6.58. The van der Waals surface area contributed by atoms with Crippen molar-refractivity contribution in [2.45, 2.75) is 25.1 Å². The van der Waals surface area contributed by atoms with Crippen molar-refractivity contribution < 1.29 is 9.18 Å². The van der Waals surface area contributed by atoms with Crippen molar-refractivity contribution >= 4 is 37.8 Å². The first-order chi connectivity index (χ1) is 8.40. The number of amides is 1. The van der Waals surface area contributed by atoms with Crippen LogP contribution in [0, 0.1) is 11.7 Å². The second-order valence-corrected chi connectivity index (χ2v) is 6.72. The Balaban J connectivity index is 2.52. The normalized spacial score (nSPS) is 12.6. The molecule has 0 saturated carbocycles. The molecule has 1 unspecified atom stereocenters. The van der Waals surface area contributed by atoms with Crippen LogP contribution in [0.15, 0.2) is 22.7 Å². The number of hydrogen-bond acceptors (Lipinski definition) is 1. The van der Waals surface area contributed by atoms with Crippen molar-refractivity contribution in [3.63, 3.8) is 0 Å². The smallest absolute Gasteiger partial charge is 0.251 e. The quantitative estimate of drug-likeness (QED) is 0.764. The van der Waals surface area contributed by atoms with Crippen molar-refractivity contribution in [1.82, 2.24) is 5.32 Å². The van der Waals surface area contributed by atoms with E-state index in [1.165, 1.54) is 18.2 Å². The minimum atomic E-state index is -0.371. The molecule has 2 nitrogen and oxygen atoms in total. The average Bonchev–Trinajstić information content (AvgIpc) is 2.28. The summed E-state index contributed by atoms with van der Waals surface area (Å²) in [5.74, 6) is 0.0138. The van der Waals surface area contributed by atoms with E-state index in [-0.39, 0.29) is 16.6 Å². The van der Waals surface area contributed by atoms with Gasteiger partial charge in [-0.05, 0) is 46.5 Å². The van der Waals surface area contributed by atoms with Gasteiger partial charge in [0.2, 0.25) is 0 Å². The van der Waals surface area contributed by atoms with Gasteiger partial charge in [-0.15, -0.1) is 0 Å². The summed E-state index contributed by atoms with van der Waals surface area (Å²) in [4.78, 5) is 12.1. The van der Waals surface area contributed by atoms with E-state index >= 15 is 0 Å². The van der Waals surface area contributed by atoms with E-state index in [0.29, 0.717) is 22.5 Å². The van der Waals surface area contributed by atoms with Crippen LogP contribution in [0.4, 0.5) is 4.39 Å². The number of carbonyl (C=O) groups is 1. The third-order valence-corrected chi connectivity index (χ3v) is 3.70. The van der Waals surface area contributed by atoms with Crippen LogP contribution < -0.4 is 5.32 Å². The minimum Gasteiger partial charge on any atom is -0.351 e. The highest BCUT2D eigenvalue weighted by Gasteiger charge is 2.11. The number of halogens is 3. The molecule has 5 heteroatoms. The number of rotatable bonds is 5. The highest BCUT2D eigenvalue weighted by atomic mass is 79.9. The van der Waals surface area contributed by atoms with Crippen molar-refractivity contribution in [2.75, 3.05) is 6.54 Å². The van der Waals surface area contributed by atoms with Gasteiger partial charge in [0.05, 0.1) is 4.47 Å². The monoisotopic (exact) mass is 379 g/mol. The Kier molecular flexibility index (Phi) is 6.29. The van der Waals surface area contributed by atoms with Crippen LogP contribution in [0.3, 0.4) is 0 Å². The van der Waals surface area contributed by atoms with Gasteiger partial charge in [-0.25, -0.2) is 4.39 Å². The number of nitrogens with one attached hydrogen (secondary N) is 1. The van der Waals surface area contributed by atoms with E-state index in [0.717, 1.165) is 6.42 Å². The molecule has 1 atom stereocenters. The molecule has 1 N–H and O–H groups in total. The van der Waals surface area contributed by atoms with Crippen LogP contribution in [0.5, 0.6) is 0 Å². The van der Waals surface area contributed by atoms with Gasteiger partial charge in [0.25, 0.3) is 5.91 Å². The lowest BCUT2D eigenvalue weighted by molar-refractivity contribution is 0.0953. The first-order valence-electron chi connectivity index (χ1n) is 5.77. The van der Waals surface area contributed by atoms with Crippen LogP contribution in [0.2, 0.25) is 0 Å². The van der Waals surface area contributed by atoms with Gasteiger partial charge in [0.15, 0.2) is 0 Å². The molecule has 1 aromatic carbocycles. The molecule has 0 aromatic heterocycles. The van der Waals surface area contributed by atoms with Gasteiger partial charge in [-0.1, -0.05) is 29.8 Å². The fourth-order valence-electron chi connectivity index (χ4n) is 1.54. The standard InChI is InChI=1S/C13H16Br2FNO/c1-8(2)5-10(14)7-17-13(18)9-3-4-12(16)11(15)6-9/h3-4,6,8,10H,5,7H2,1-2H3,(H,17,18). The molecule has 0 aliphatic heterocycles. The van der Waals surface area contributed by atoms with Crippen molar-refractivity contribution in [3.05, 3.63) is 34.1 Å². The van der Waals surface area contributed by atoms with Gasteiger partial charge >= 0.3 is 0 Å². The van der Waals surface area contributed by atoms with Crippen LogP contribution in [0.1, 0.15) is 30.6 Å². The summed E-state index contributed by atoms with van der Waals surface area (Å²) in [6.45, 7) is 4.83. The molecule has 0 bridgehead atoms. The zero-order valence-corrected chi connectivity index (χ0v) is 13.5. The summed E-state index contributed by atoms with van der Waals surface area (Å²) in [6.07, 6.45) is 0.993. The summed E-state index contributed by atoms with van der Waals surface area (Å²) in [7, 11) is 0. The topological polar surface area (TPSA) is 29.1 Å². The Hall–Kier alpha value is -0.420. The SMILES string of the molecule is CC(C)CC(Br)CNC(=O)c1ccc(F)c(Br)c1. The average molecular weight is 381 g/mol. The maximum atomic E-state index is 13.0. The number of carbonyl (C=O) groups excluding carboxylic acids is 1. The molecule has 1 amide bonds. The molecule has 0 aliphatic rings. The van der Waals surface area contributed by atoms with E-state index in [1.54, 1.807) is 0 Å². The lowest BCUT2D eigenvalue weighted by Crippen LogP contribution is -2.30. The first kappa shape index (κ1) is 15.6. The third kappa shape index (κ3) is 5.06. The van der Waals surface area contributed by atoms with Crippen LogP contribution in [-0.4, -0.2) is 17.3 Å². The molecule has 0 heterocycles. The van der Waals surface area contributed by atoms with Gasteiger partial charge in [-0.2, -0.15) is 0 Å². The van der Waals surface area contributed by atoms with E-state index in [4.69, 9.17) is 0 Å². The molecule has 18 heavy (non-hydrogen) atoms. The van der Waals surface area contributed by atoms with Crippen molar-refractivity contribution in [1.29, 1.82) is 0 Å². The molecule has 0 fully saturated rings. The van der Waals surface area contributed by atoms with Crippen molar-refractivity contribution in [2.24, 2.45) is 5.92 Å². The largest absolute Gasteiger partial charge is 0.351 e. The van der Waals surface area contributed by atoms with E-state index in [9.17, 15) is 9.18 Å². The molecular weight excluding hydrogens is 365 g/mol. The first-order valence-corrected chi connectivity index (χ1v) is 7.48. The molecule has 100 valence electrons. The maximum Gasteiger partial charge on any atom is 0.251 e. The van der Waals surface area contributed by atoms with Crippen LogP contribution >= 0.6 is 31.9 Å². The molecule has 0 aliphatic carbocycles. The predicted molar refractivity (Wildman–Crippen MR) is 78.6 cm³/mol. The number of alkyl halides is 1. The number of hydrogen-bond donors (Lipinski definition) is 1. The molecule has 0 spiro atoms. The fraction of sp³-hybridized carbons (Fsp3) is 0.462. The molecule has 0 saturated heterocycles. The van der Waals surface area contributed by atoms with E-state index in [2.05, 4.69) is 51.0 Å². The van der Waals surface area contributed by atoms with Gasteiger partial charge < -0.3 is 5.32 Å². The Morgan fingerprint density at radius 1 is 1.44 bits per heavy atom. The Morgan fingerprint density at radius 2 is 2.11 bits per heavy atom. The molecule has 0 radical (unpaired) electrons. The van der Waals surface area contributed by atoms with E-state index < -0.39 is 0 Å². The van der Waals surface area contributed by atoms with Crippen LogP contribution in [0.25, 0.3) is 0 Å². The second-order valence-electron chi connectivity index (χ2n) is 4.57. The molecule has 1 aromatic rings. The summed E-state index contributed by atoms with van der Waals surface area (Å²) in [5, 5.41) is 2.82. The van der Waals surface area contributed by atoms with Gasteiger partial charge in [0, 0.05) is 16.9 Å². The summed E-state index contributed by atoms with van der Waals surface area (Å²) < 4.78 is 13.3. The summed E-state index contributed by atoms with van der Waals surface area (Å²) in [6, 6.07) is 4.23. The lowest BCUT2D eigenvalue weighted by Gasteiger charge is -2.13. The zero-order chi connectivity index (χ0) is 13.7. The Labute approximate surface area is 124 Å². The lowest BCUT2D eigenvalue weighted by atomic mass is 10.1.